The maximum atomic E-state index is 10.4. The van der Waals surface area contributed by atoms with E-state index in [0.717, 1.165) is 12.8 Å². The van der Waals surface area contributed by atoms with E-state index in [1.54, 1.807) is 12.1 Å². The first-order valence-corrected chi connectivity index (χ1v) is 17.9. The zero-order valence-corrected chi connectivity index (χ0v) is 27.9. The molecule has 1 aromatic carbocycles. The summed E-state index contributed by atoms with van der Waals surface area (Å²) in [5.41, 5.74) is 1.18. The fourth-order valence-electron chi connectivity index (χ4n) is 5.26. The van der Waals surface area contributed by atoms with Crippen LogP contribution in [0.1, 0.15) is 142 Å². The van der Waals surface area contributed by atoms with Crippen molar-refractivity contribution < 1.29 is 24.8 Å². The highest BCUT2D eigenvalue weighted by Crippen LogP contribution is 2.31. The molecule has 0 saturated carbocycles. The van der Waals surface area contributed by atoms with E-state index >= 15 is 0 Å². The number of phenolic OH excluding ortho intramolecular Hbond substituents is 1. The molecule has 0 spiro atoms. The lowest BCUT2D eigenvalue weighted by Gasteiger charge is -2.19. The number of anilines is 2. The van der Waals surface area contributed by atoms with Crippen LogP contribution in [0.25, 0.3) is 0 Å². The van der Waals surface area contributed by atoms with Crippen molar-refractivity contribution in [3.05, 3.63) is 18.2 Å². The first kappa shape index (κ1) is 39.5. The molecule has 0 aromatic heterocycles. The minimum Gasteiger partial charge on any atom is -0.506 e. The van der Waals surface area contributed by atoms with Crippen LogP contribution in [-0.4, -0.2) is 67.0 Å². The average Bonchev–Trinajstić information content (AvgIpc) is 3.00. The van der Waals surface area contributed by atoms with Gasteiger partial charge in [-0.1, -0.05) is 135 Å². The lowest BCUT2D eigenvalue weighted by atomic mass is 10.1. The van der Waals surface area contributed by atoms with Gasteiger partial charge in [-0.05, 0) is 25.0 Å². The lowest BCUT2D eigenvalue weighted by molar-refractivity contribution is 0.0414. The van der Waals surface area contributed by atoms with Gasteiger partial charge in [0.2, 0.25) is 0 Å². The van der Waals surface area contributed by atoms with Gasteiger partial charge in [0, 0.05) is 26.3 Å². The van der Waals surface area contributed by atoms with E-state index in [-0.39, 0.29) is 25.5 Å². The number of rotatable bonds is 32. The first-order chi connectivity index (χ1) is 21.1. The summed E-state index contributed by atoms with van der Waals surface area (Å²) in [6.07, 6.45) is 24.4. The summed E-state index contributed by atoms with van der Waals surface area (Å²) >= 11 is 0. The predicted octanol–water partition coefficient (Wildman–Crippen LogP) is 8.81. The van der Waals surface area contributed by atoms with Gasteiger partial charge in [-0.3, -0.25) is 0 Å². The van der Waals surface area contributed by atoms with Crippen LogP contribution in [-0.2, 0) is 9.47 Å². The van der Waals surface area contributed by atoms with Crippen LogP contribution in [0, 0.1) is 0 Å². The van der Waals surface area contributed by atoms with Crippen molar-refractivity contribution in [3.63, 3.8) is 0 Å². The van der Waals surface area contributed by atoms with Gasteiger partial charge in [0.1, 0.15) is 11.4 Å². The monoisotopic (exact) mass is 609 g/mol. The Kier molecular flexibility index (Phi) is 26.8. The Labute approximate surface area is 264 Å². The highest BCUT2D eigenvalue weighted by molar-refractivity contribution is 5.75. The number of unbranched alkanes of at least 4 members (excludes halogenated alkanes) is 18. The molecule has 2 atom stereocenters. The predicted molar refractivity (Wildman–Crippen MR) is 182 cm³/mol. The molecule has 0 fully saturated rings. The molecular formula is C36H68N2O5. The number of aliphatic hydroxyl groups excluding tert-OH is 2. The molecular weight excluding hydrogens is 540 g/mol. The summed E-state index contributed by atoms with van der Waals surface area (Å²) in [5.74, 6) is 0.0928. The van der Waals surface area contributed by atoms with Gasteiger partial charge >= 0.3 is 0 Å². The molecule has 252 valence electrons. The van der Waals surface area contributed by atoms with E-state index in [1.165, 1.54) is 116 Å². The quantitative estimate of drug-likeness (QED) is 0.0411. The smallest absolute Gasteiger partial charge is 0.140 e. The van der Waals surface area contributed by atoms with E-state index in [0.29, 0.717) is 31.1 Å². The van der Waals surface area contributed by atoms with Crippen LogP contribution < -0.4 is 10.6 Å². The minimum absolute atomic E-state index is 0.0928. The van der Waals surface area contributed by atoms with E-state index in [1.807, 2.05) is 6.07 Å². The third-order valence-corrected chi connectivity index (χ3v) is 7.99. The molecule has 0 saturated heterocycles. The normalized spacial score (nSPS) is 12.8. The van der Waals surface area contributed by atoms with Gasteiger partial charge in [-0.2, -0.15) is 0 Å². The average molecular weight is 609 g/mol. The molecule has 7 nitrogen and oxygen atoms in total. The Balaban J connectivity index is 2.11. The summed E-state index contributed by atoms with van der Waals surface area (Å²) < 4.78 is 11.4. The number of para-hydroxylation sites is 1. The molecule has 0 amide bonds. The van der Waals surface area contributed by atoms with E-state index in [4.69, 9.17) is 9.47 Å². The molecule has 1 rings (SSSR count). The van der Waals surface area contributed by atoms with Crippen LogP contribution in [0.5, 0.6) is 5.75 Å². The number of nitrogens with one attached hydrogen (secondary N) is 2. The highest BCUT2D eigenvalue weighted by atomic mass is 16.5. The van der Waals surface area contributed by atoms with Crippen molar-refractivity contribution in [2.24, 2.45) is 0 Å². The van der Waals surface area contributed by atoms with Gasteiger partial charge in [-0.15, -0.1) is 0 Å². The maximum absolute atomic E-state index is 10.4. The number of aliphatic hydroxyl groups is 2. The Morgan fingerprint density at radius 3 is 1.40 bits per heavy atom. The largest absolute Gasteiger partial charge is 0.506 e. The third kappa shape index (κ3) is 23.5. The number of aromatic hydroxyl groups is 1. The number of ether oxygens (including phenoxy) is 2. The van der Waals surface area contributed by atoms with Crippen molar-refractivity contribution >= 4 is 11.4 Å². The molecule has 0 heterocycles. The summed E-state index contributed by atoms with van der Waals surface area (Å²) in [7, 11) is 0. The number of phenols is 1. The van der Waals surface area contributed by atoms with E-state index < -0.39 is 12.2 Å². The van der Waals surface area contributed by atoms with E-state index in [2.05, 4.69) is 24.5 Å². The summed E-state index contributed by atoms with van der Waals surface area (Å²) in [5, 5.41) is 37.4. The molecule has 0 aliphatic rings. The Hall–Kier alpha value is -1.54. The summed E-state index contributed by atoms with van der Waals surface area (Å²) in [4.78, 5) is 0. The molecule has 0 bridgehead atoms. The van der Waals surface area contributed by atoms with E-state index in [9.17, 15) is 15.3 Å². The van der Waals surface area contributed by atoms with Crippen LogP contribution in [0.2, 0.25) is 0 Å². The summed E-state index contributed by atoms with van der Waals surface area (Å²) in [6.45, 7) is 6.95. The lowest BCUT2D eigenvalue weighted by Crippen LogP contribution is -2.27. The minimum atomic E-state index is -0.680. The Morgan fingerprint density at radius 1 is 0.558 bits per heavy atom. The van der Waals surface area contributed by atoms with Gasteiger partial charge in [-0.25, -0.2) is 0 Å². The van der Waals surface area contributed by atoms with Gasteiger partial charge in [0.05, 0.1) is 31.1 Å². The Morgan fingerprint density at radius 2 is 0.953 bits per heavy atom. The third-order valence-electron chi connectivity index (χ3n) is 7.99. The second kappa shape index (κ2) is 29.2. The number of hydrogen-bond donors (Lipinski definition) is 5. The van der Waals surface area contributed by atoms with Gasteiger partial charge < -0.3 is 35.4 Å². The SMILES string of the molecule is CCCCCCCCCCCCOCC(O)CNc1cccc(O)c1NCC(O)COCCCCCCCCCCCC. The molecule has 7 heteroatoms. The molecule has 0 aliphatic carbocycles. The highest BCUT2D eigenvalue weighted by Gasteiger charge is 2.12. The standard InChI is InChI=1S/C36H68N2O5/c1-3-5-7-9-11-13-15-17-19-21-26-42-30-32(39)28-37-34-24-23-25-35(41)36(34)38-29-33(40)31-43-27-22-20-18-16-14-12-10-8-6-4-2/h23-25,32-33,37-41H,3-22,26-31H2,1-2H3. The second-order valence-corrected chi connectivity index (χ2v) is 12.3. The molecule has 43 heavy (non-hydrogen) atoms. The van der Waals surface area contributed by atoms with Gasteiger partial charge in [0.25, 0.3) is 0 Å². The van der Waals surface area contributed by atoms with Crippen LogP contribution >= 0.6 is 0 Å². The molecule has 1 aromatic rings. The molecule has 2 unspecified atom stereocenters. The van der Waals surface area contributed by atoms with Crippen LogP contribution in [0.4, 0.5) is 11.4 Å². The topological polar surface area (TPSA) is 103 Å². The van der Waals surface area contributed by atoms with Crippen molar-refractivity contribution in [1.82, 2.24) is 0 Å². The molecule has 0 aliphatic heterocycles. The second-order valence-electron chi connectivity index (χ2n) is 12.3. The van der Waals surface area contributed by atoms with Gasteiger partial charge in [0.15, 0.2) is 0 Å². The zero-order chi connectivity index (χ0) is 31.2. The fraction of sp³-hybridized carbons (Fsp3) is 0.833. The van der Waals surface area contributed by atoms with Crippen LogP contribution in [0.3, 0.4) is 0 Å². The number of hydrogen-bond acceptors (Lipinski definition) is 7. The molecule has 0 radical (unpaired) electrons. The fourth-order valence-corrected chi connectivity index (χ4v) is 5.26. The van der Waals surface area contributed by atoms with Crippen molar-refractivity contribution in [3.8, 4) is 5.75 Å². The maximum Gasteiger partial charge on any atom is 0.140 e. The van der Waals surface area contributed by atoms with Crippen molar-refractivity contribution in [2.75, 3.05) is 50.2 Å². The molecule has 5 N–H and O–H groups in total. The Bertz CT molecular complexity index is 736. The van der Waals surface area contributed by atoms with Crippen molar-refractivity contribution in [1.29, 1.82) is 0 Å². The zero-order valence-electron chi connectivity index (χ0n) is 27.9. The van der Waals surface area contributed by atoms with Crippen LogP contribution in [0.15, 0.2) is 18.2 Å². The first-order valence-electron chi connectivity index (χ1n) is 17.9. The van der Waals surface area contributed by atoms with Crippen molar-refractivity contribution in [2.45, 2.75) is 154 Å². The summed E-state index contributed by atoms with van der Waals surface area (Å²) in [6, 6.07) is 5.20. The number of benzene rings is 1.